The zero-order chi connectivity index (χ0) is 14.1. The third kappa shape index (κ3) is 2.67. The molecule has 0 amide bonds. The van der Waals surface area contributed by atoms with E-state index in [9.17, 15) is 0 Å². The van der Waals surface area contributed by atoms with Gasteiger partial charge in [-0.05, 0) is 47.1 Å². The highest BCUT2D eigenvalue weighted by Gasteiger charge is 2.19. The smallest absolute Gasteiger partial charge is 0.0352 e. The minimum atomic E-state index is 0.746. The van der Waals surface area contributed by atoms with Crippen LogP contribution < -0.4 is 5.32 Å². The van der Waals surface area contributed by atoms with Gasteiger partial charge in [-0.1, -0.05) is 36.4 Å². The molecule has 0 spiro atoms. The van der Waals surface area contributed by atoms with Crippen LogP contribution in [-0.4, -0.2) is 11.0 Å². The molecule has 0 atom stereocenters. The standard InChI is InChI=1S/C19H18N2/c1-3-14(12-21-17-7-8-17)11-16(5-1)18-6-2-4-15-9-10-20-13-19(15)18/h1-6,9-11,13,17,21H,7-8,12H2. The quantitative estimate of drug-likeness (QED) is 0.773. The second-order valence-corrected chi connectivity index (χ2v) is 5.76. The Balaban J connectivity index is 1.72. The van der Waals surface area contributed by atoms with Crippen LogP contribution in [0.15, 0.2) is 60.9 Å². The molecule has 3 aromatic rings. The van der Waals surface area contributed by atoms with Gasteiger partial charge in [-0.2, -0.15) is 0 Å². The molecule has 1 aliphatic carbocycles. The third-order valence-electron chi connectivity index (χ3n) is 4.09. The van der Waals surface area contributed by atoms with E-state index in [2.05, 4.69) is 58.8 Å². The number of nitrogens with one attached hydrogen (secondary N) is 1. The summed E-state index contributed by atoms with van der Waals surface area (Å²) in [5, 5.41) is 6.03. The van der Waals surface area contributed by atoms with Gasteiger partial charge in [0, 0.05) is 30.4 Å². The molecule has 2 nitrogen and oxygen atoms in total. The Bertz CT molecular complexity index is 770. The first-order chi connectivity index (χ1) is 10.4. The van der Waals surface area contributed by atoms with E-state index in [-0.39, 0.29) is 0 Å². The van der Waals surface area contributed by atoms with Gasteiger partial charge in [-0.15, -0.1) is 0 Å². The fraction of sp³-hybridized carbons (Fsp3) is 0.211. The summed E-state index contributed by atoms with van der Waals surface area (Å²) in [4.78, 5) is 4.28. The number of aromatic nitrogens is 1. The molecular weight excluding hydrogens is 256 g/mol. The second kappa shape index (κ2) is 5.30. The first-order valence-corrected chi connectivity index (χ1v) is 7.55. The normalized spacial score (nSPS) is 14.5. The summed E-state index contributed by atoms with van der Waals surface area (Å²) < 4.78 is 0. The van der Waals surface area contributed by atoms with Crippen molar-refractivity contribution >= 4 is 10.8 Å². The highest BCUT2D eigenvalue weighted by molar-refractivity contribution is 5.96. The van der Waals surface area contributed by atoms with Crippen LogP contribution in [0.2, 0.25) is 0 Å². The number of benzene rings is 2. The van der Waals surface area contributed by atoms with Crippen molar-refractivity contribution in [2.24, 2.45) is 0 Å². The zero-order valence-corrected chi connectivity index (χ0v) is 11.9. The Morgan fingerprint density at radius 1 is 1.05 bits per heavy atom. The van der Waals surface area contributed by atoms with E-state index in [1.54, 1.807) is 0 Å². The van der Waals surface area contributed by atoms with Crippen molar-refractivity contribution in [2.45, 2.75) is 25.4 Å². The van der Waals surface area contributed by atoms with Gasteiger partial charge in [0.15, 0.2) is 0 Å². The number of hydrogen-bond donors (Lipinski definition) is 1. The van der Waals surface area contributed by atoms with Gasteiger partial charge in [-0.3, -0.25) is 4.98 Å². The molecule has 1 saturated carbocycles. The van der Waals surface area contributed by atoms with Crippen LogP contribution in [0.25, 0.3) is 21.9 Å². The summed E-state index contributed by atoms with van der Waals surface area (Å²) >= 11 is 0. The topological polar surface area (TPSA) is 24.9 Å². The van der Waals surface area contributed by atoms with E-state index >= 15 is 0 Å². The summed E-state index contributed by atoms with van der Waals surface area (Å²) in [6.45, 7) is 0.960. The predicted octanol–water partition coefficient (Wildman–Crippen LogP) is 4.15. The van der Waals surface area contributed by atoms with Crippen LogP contribution in [0, 0.1) is 0 Å². The minimum absolute atomic E-state index is 0.746. The van der Waals surface area contributed by atoms with E-state index in [1.807, 2.05) is 12.4 Å². The maximum absolute atomic E-state index is 4.28. The van der Waals surface area contributed by atoms with Crippen LogP contribution in [0.3, 0.4) is 0 Å². The minimum Gasteiger partial charge on any atom is -0.310 e. The maximum atomic E-state index is 4.28. The lowest BCUT2D eigenvalue weighted by Gasteiger charge is -2.09. The molecule has 2 heteroatoms. The number of pyridine rings is 1. The molecule has 1 aromatic heterocycles. The Kier molecular flexibility index (Phi) is 3.17. The summed E-state index contributed by atoms with van der Waals surface area (Å²) in [7, 11) is 0. The van der Waals surface area contributed by atoms with Crippen molar-refractivity contribution in [1.82, 2.24) is 10.3 Å². The van der Waals surface area contributed by atoms with E-state index in [1.165, 1.54) is 40.3 Å². The highest BCUT2D eigenvalue weighted by atomic mass is 14.9. The molecule has 104 valence electrons. The van der Waals surface area contributed by atoms with Crippen molar-refractivity contribution in [3.63, 3.8) is 0 Å². The highest BCUT2D eigenvalue weighted by Crippen LogP contribution is 2.28. The van der Waals surface area contributed by atoms with E-state index in [0.29, 0.717) is 0 Å². The van der Waals surface area contributed by atoms with Gasteiger partial charge < -0.3 is 5.32 Å². The molecule has 1 aliphatic rings. The number of nitrogens with zero attached hydrogens (tertiary/aromatic N) is 1. The Hall–Kier alpha value is -2.19. The van der Waals surface area contributed by atoms with Gasteiger partial charge in [0.2, 0.25) is 0 Å². The molecule has 0 radical (unpaired) electrons. The fourth-order valence-electron chi connectivity index (χ4n) is 2.76. The zero-order valence-electron chi connectivity index (χ0n) is 11.9. The molecule has 4 rings (SSSR count). The second-order valence-electron chi connectivity index (χ2n) is 5.76. The average Bonchev–Trinajstić information content (AvgIpc) is 3.37. The molecule has 0 unspecified atom stereocenters. The summed E-state index contributed by atoms with van der Waals surface area (Å²) in [5.74, 6) is 0. The van der Waals surface area contributed by atoms with Crippen LogP contribution in [0.4, 0.5) is 0 Å². The summed E-state index contributed by atoms with van der Waals surface area (Å²) in [5.41, 5.74) is 3.87. The van der Waals surface area contributed by atoms with Crippen molar-refractivity contribution in [1.29, 1.82) is 0 Å². The predicted molar refractivity (Wildman–Crippen MR) is 87.0 cm³/mol. The molecule has 0 bridgehead atoms. The van der Waals surface area contributed by atoms with Crippen LogP contribution >= 0.6 is 0 Å². The van der Waals surface area contributed by atoms with E-state index in [4.69, 9.17) is 0 Å². The first kappa shape index (κ1) is 12.5. The van der Waals surface area contributed by atoms with Gasteiger partial charge in [-0.25, -0.2) is 0 Å². The molecule has 0 saturated heterocycles. The first-order valence-electron chi connectivity index (χ1n) is 7.55. The lowest BCUT2D eigenvalue weighted by atomic mass is 9.98. The van der Waals surface area contributed by atoms with Gasteiger partial charge >= 0.3 is 0 Å². The van der Waals surface area contributed by atoms with Crippen molar-refractivity contribution < 1.29 is 0 Å². The summed E-state index contributed by atoms with van der Waals surface area (Å²) in [6.07, 6.45) is 6.46. The molecule has 21 heavy (non-hydrogen) atoms. The molecular formula is C19H18N2. The number of rotatable bonds is 4. The molecule has 1 N–H and O–H groups in total. The third-order valence-corrected chi connectivity index (χ3v) is 4.09. The fourth-order valence-corrected chi connectivity index (χ4v) is 2.76. The van der Waals surface area contributed by atoms with Gasteiger partial charge in [0.1, 0.15) is 0 Å². The SMILES string of the molecule is c1cc(CNC2CC2)cc(-c2cccc3ccncc23)c1. The summed E-state index contributed by atoms with van der Waals surface area (Å²) in [6, 6.07) is 18.1. The lowest BCUT2D eigenvalue weighted by molar-refractivity contribution is 0.688. The number of fused-ring (bicyclic) bond motifs is 1. The van der Waals surface area contributed by atoms with Gasteiger partial charge in [0.25, 0.3) is 0 Å². The Morgan fingerprint density at radius 3 is 2.86 bits per heavy atom. The molecule has 2 aromatic carbocycles. The van der Waals surface area contributed by atoms with Crippen molar-refractivity contribution in [3.05, 3.63) is 66.5 Å². The number of hydrogen-bond acceptors (Lipinski definition) is 2. The lowest BCUT2D eigenvalue weighted by Crippen LogP contribution is -2.15. The largest absolute Gasteiger partial charge is 0.310 e. The Morgan fingerprint density at radius 2 is 1.95 bits per heavy atom. The van der Waals surface area contributed by atoms with Crippen LogP contribution in [0.1, 0.15) is 18.4 Å². The average molecular weight is 274 g/mol. The maximum Gasteiger partial charge on any atom is 0.0352 e. The molecule has 0 aliphatic heterocycles. The van der Waals surface area contributed by atoms with E-state index < -0.39 is 0 Å². The van der Waals surface area contributed by atoms with Gasteiger partial charge in [0.05, 0.1) is 0 Å². The van der Waals surface area contributed by atoms with E-state index in [0.717, 1.165) is 12.6 Å². The van der Waals surface area contributed by atoms with Crippen molar-refractivity contribution in [3.8, 4) is 11.1 Å². The molecule has 1 heterocycles. The van der Waals surface area contributed by atoms with Crippen molar-refractivity contribution in [2.75, 3.05) is 0 Å². The van der Waals surface area contributed by atoms with Crippen LogP contribution in [0.5, 0.6) is 0 Å². The monoisotopic (exact) mass is 274 g/mol. The Labute approximate surface area is 124 Å². The molecule has 1 fully saturated rings. The van der Waals surface area contributed by atoms with Crippen LogP contribution in [-0.2, 0) is 6.54 Å².